The largest absolute Gasteiger partial charge is 0.419 e. The quantitative estimate of drug-likeness (QED) is 0.824. The molecule has 1 aromatic rings. The van der Waals surface area contributed by atoms with Gasteiger partial charge in [0.25, 0.3) is 0 Å². The van der Waals surface area contributed by atoms with Gasteiger partial charge in [-0.25, -0.2) is 9.18 Å². The van der Waals surface area contributed by atoms with E-state index in [1.54, 1.807) is 6.92 Å². The third-order valence-electron chi connectivity index (χ3n) is 4.33. The number of nitrogens with zero attached hydrogens (tertiary/aromatic N) is 1. The number of alkyl halides is 3. The average Bonchev–Trinajstić information content (AvgIpc) is 2.96. The Balaban J connectivity index is 2.05. The lowest BCUT2D eigenvalue weighted by Crippen LogP contribution is -2.40. The van der Waals surface area contributed by atoms with Crippen molar-refractivity contribution in [1.82, 2.24) is 10.2 Å². The molecule has 0 radical (unpaired) electrons. The normalized spacial score (nSPS) is 20.8. The number of likely N-dealkylation sites (tertiary alicyclic amines) is 1. The summed E-state index contributed by atoms with van der Waals surface area (Å²) in [7, 11) is 0. The van der Waals surface area contributed by atoms with Crippen LogP contribution in [0.15, 0.2) is 18.2 Å². The molecule has 3 atom stereocenters. The lowest BCUT2D eigenvalue weighted by atomic mass is 10.0. The Hall–Kier alpha value is -1.83. The van der Waals surface area contributed by atoms with Gasteiger partial charge in [-0.1, -0.05) is 6.07 Å². The van der Waals surface area contributed by atoms with Crippen LogP contribution in [0.3, 0.4) is 0 Å². The molecule has 1 saturated heterocycles. The molecule has 1 fully saturated rings. The fraction of sp³-hybridized carbons (Fsp3) is 0.562. The predicted octanol–water partition coefficient (Wildman–Crippen LogP) is 3.32. The lowest BCUT2D eigenvalue weighted by Gasteiger charge is -2.22. The molecule has 1 aliphatic rings. The van der Waals surface area contributed by atoms with Crippen LogP contribution >= 0.6 is 0 Å². The highest BCUT2D eigenvalue weighted by atomic mass is 19.4. The Morgan fingerprint density at radius 2 is 2.04 bits per heavy atom. The monoisotopic (exact) mass is 348 g/mol. The maximum absolute atomic E-state index is 13.3. The molecule has 0 aliphatic carbocycles. The SMILES string of the molecule is C[C@H](NC(=O)N1CC[C@@H]([C@H](C)O)C1)c1ccc(F)c(C(F)(F)F)c1. The van der Waals surface area contributed by atoms with E-state index >= 15 is 0 Å². The number of benzene rings is 1. The molecular formula is C16H20F4N2O2. The van der Waals surface area contributed by atoms with Crippen LogP contribution in [0.1, 0.15) is 37.4 Å². The Morgan fingerprint density at radius 1 is 1.38 bits per heavy atom. The van der Waals surface area contributed by atoms with Crippen molar-refractivity contribution in [2.45, 2.75) is 38.6 Å². The zero-order valence-electron chi connectivity index (χ0n) is 13.4. The van der Waals surface area contributed by atoms with Crippen molar-refractivity contribution in [2.75, 3.05) is 13.1 Å². The van der Waals surface area contributed by atoms with Gasteiger partial charge in [-0.05, 0) is 38.0 Å². The first kappa shape index (κ1) is 18.5. The minimum absolute atomic E-state index is 0.00582. The van der Waals surface area contributed by atoms with Crippen molar-refractivity contribution >= 4 is 6.03 Å². The standard InChI is InChI=1S/C16H20F4N2O2/c1-9(11-3-4-14(17)13(7-11)16(18,19)20)21-15(24)22-6-5-12(8-22)10(2)23/h3-4,7,9-10,12,23H,5-6,8H2,1-2H3,(H,21,24)/t9-,10-,12+/m0/s1. The summed E-state index contributed by atoms with van der Waals surface area (Å²) < 4.78 is 51.6. The minimum atomic E-state index is -4.79. The molecule has 2 rings (SSSR count). The van der Waals surface area contributed by atoms with E-state index in [0.717, 1.165) is 6.07 Å². The Labute approximate surface area is 137 Å². The van der Waals surface area contributed by atoms with Gasteiger partial charge in [0.05, 0.1) is 17.7 Å². The summed E-state index contributed by atoms with van der Waals surface area (Å²) in [5.41, 5.74) is -1.18. The highest BCUT2D eigenvalue weighted by molar-refractivity contribution is 5.75. The summed E-state index contributed by atoms with van der Waals surface area (Å²) in [6.45, 7) is 4.07. The van der Waals surface area contributed by atoms with Gasteiger partial charge in [0.2, 0.25) is 0 Å². The van der Waals surface area contributed by atoms with Crippen LogP contribution in [-0.4, -0.2) is 35.2 Å². The summed E-state index contributed by atoms with van der Waals surface area (Å²) in [4.78, 5) is 13.7. The molecule has 4 nitrogen and oxygen atoms in total. The first-order valence-corrected chi connectivity index (χ1v) is 7.69. The van der Waals surface area contributed by atoms with Gasteiger partial charge < -0.3 is 15.3 Å². The molecule has 0 saturated carbocycles. The van der Waals surface area contributed by atoms with Crippen LogP contribution in [-0.2, 0) is 6.18 Å². The van der Waals surface area contributed by atoms with Crippen LogP contribution in [0.25, 0.3) is 0 Å². The molecule has 1 aliphatic heterocycles. The van der Waals surface area contributed by atoms with E-state index in [0.29, 0.717) is 25.6 Å². The topological polar surface area (TPSA) is 52.6 Å². The summed E-state index contributed by atoms with van der Waals surface area (Å²) >= 11 is 0. The average molecular weight is 348 g/mol. The van der Waals surface area contributed by atoms with Crippen molar-refractivity contribution < 1.29 is 27.5 Å². The molecule has 134 valence electrons. The molecule has 2 N–H and O–H groups in total. The number of carbonyl (C=O) groups is 1. The second kappa shape index (κ2) is 6.96. The molecule has 24 heavy (non-hydrogen) atoms. The van der Waals surface area contributed by atoms with E-state index in [-0.39, 0.29) is 11.5 Å². The smallest absolute Gasteiger partial charge is 0.393 e. The number of rotatable bonds is 3. The maximum Gasteiger partial charge on any atom is 0.419 e. The minimum Gasteiger partial charge on any atom is -0.393 e. The molecule has 2 amide bonds. The van der Waals surface area contributed by atoms with E-state index in [1.807, 2.05) is 0 Å². The van der Waals surface area contributed by atoms with Crippen LogP contribution < -0.4 is 5.32 Å². The fourth-order valence-electron chi connectivity index (χ4n) is 2.75. The number of halogens is 4. The number of urea groups is 1. The summed E-state index contributed by atoms with van der Waals surface area (Å²) in [5, 5.41) is 12.2. The van der Waals surface area contributed by atoms with Crippen molar-refractivity contribution in [3.8, 4) is 0 Å². The fourth-order valence-corrected chi connectivity index (χ4v) is 2.75. The van der Waals surface area contributed by atoms with Gasteiger partial charge in [0.15, 0.2) is 0 Å². The number of hydrogen-bond donors (Lipinski definition) is 2. The Morgan fingerprint density at radius 3 is 2.58 bits per heavy atom. The molecule has 1 aromatic carbocycles. The summed E-state index contributed by atoms with van der Waals surface area (Å²) in [6.07, 6.45) is -4.64. The van der Waals surface area contributed by atoms with Crippen LogP contribution in [0.2, 0.25) is 0 Å². The molecule has 1 heterocycles. The Kier molecular flexibility index (Phi) is 5.37. The molecule has 8 heteroatoms. The van der Waals surface area contributed by atoms with E-state index in [9.17, 15) is 27.5 Å². The Bertz CT molecular complexity index is 604. The predicted molar refractivity (Wildman–Crippen MR) is 79.7 cm³/mol. The van der Waals surface area contributed by atoms with Crippen LogP contribution in [0.5, 0.6) is 0 Å². The van der Waals surface area contributed by atoms with E-state index in [2.05, 4.69) is 5.32 Å². The van der Waals surface area contributed by atoms with Crippen LogP contribution in [0.4, 0.5) is 22.4 Å². The van der Waals surface area contributed by atoms with E-state index < -0.39 is 35.7 Å². The van der Waals surface area contributed by atoms with Crippen molar-refractivity contribution in [3.05, 3.63) is 35.1 Å². The molecule has 0 unspecified atom stereocenters. The highest BCUT2D eigenvalue weighted by Gasteiger charge is 2.35. The van der Waals surface area contributed by atoms with Gasteiger partial charge in [0, 0.05) is 19.0 Å². The number of hydrogen-bond acceptors (Lipinski definition) is 2. The molecule has 0 aromatic heterocycles. The zero-order valence-corrected chi connectivity index (χ0v) is 13.4. The van der Waals surface area contributed by atoms with Gasteiger partial charge in [-0.3, -0.25) is 0 Å². The summed E-state index contributed by atoms with van der Waals surface area (Å²) in [6, 6.07) is 1.56. The molecular weight excluding hydrogens is 328 g/mol. The second-order valence-electron chi connectivity index (χ2n) is 6.14. The maximum atomic E-state index is 13.3. The number of aliphatic hydroxyl groups excluding tert-OH is 1. The second-order valence-corrected chi connectivity index (χ2v) is 6.14. The van der Waals surface area contributed by atoms with Crippen LogP contribution in [0, 0.1) is 11.7 Å². The third kappa shape index (κ3) is 4.17. The first-order valence-electron chi connectivity index (χ1n) is 7.69. The number of carbonyl (C=O) groups excluding carboxylic acids is 1. The number of aliphatic hydroxyl groups is 1. The zero-order chi connectivity index (χ0) is 18.1. The van der Waals surface area contributed by atoms with E-state index in [1.165, 1.54) is 17.9 Å². The van der Waals surface area contributed by atoms with Gasteiger partial charge in [-0.2, -0.15) is 13.2 Å². The van der Waals surface area contributed by atoms with Crippen molar-refractivity contribution in [2.24, 2.45) is 5.92 Å². The number of nitrogens with one attached hydrogen (secondary N) is 1. The molecule has 0 bridgehead atoms. The molecule has 0 spiro atoms. The van der Waals surface area contributed by atoms with Gasteiger partial charge >= 0.3 is 12.2 Å². The van der Waals surface area contributed by atoms with Gasteiger partial charge in [0.1, 0.15) is 5.82 Å². The third-order valence-corrected chi connectivity index (χ3v) is 4.33. The van der Waals surface area contributed by atoms with Gasteiger partial charge in [-0.15, -0.1) is 0 Å². The summed E-state index contributed by atoms with van der Waals surface area (Å²) in [5.74, 6) is -1.35. The first-order chi connectivity index (χ1) is 11.1. The highest BCUT2D eigenvalue weighted by Crippen LogP contribution is 2.33. The van der Waals surface area contributed by atoms with Crippen molar-refractivity contribution in [3.63, 3.8) is 0 Å². The lowest BCUT2D eigenvalue weighted by molar-refractivity contribution is -0.140. The van der Waals surface area contributed by atoms with E-state index in [4.69, 9.17) is 0 Å². The number of amides is 2. The van der Waals surface area contributed by atoms with Crippen molar-refractivity contribution in [1.29, 1.82) is 0 Å².